The molecule has 2 heterocycles. The van der Waals surface area contributed by atoms with Crippen LogP contribution in [0.15, 0.2) is 35.1 Å². The fourth-order valence-electron chi connectivity index (χ4n) is 1.71. The number of halogens is 2. The van der Waals surface area contributed by atoms with Crippen LogP contribution in [-0.4, -0.2) is 19.7 Å². The molecule has 3 rings (SSSR count). The summed E-state index contributed by atoms with van der Waals surface area (Å²) in [5, 5.41) is 14.1. The smallest absolute Gasteiger partial charge is 0.224 e. The first-order chi connectivity index (χ1) is 9.19. The maximum atomic E-state index is 8.91. The van der Waals surface area contributed by atoms with Crippen molar-refractivity contribution in [3.8, 4) is 11.8 Å². The Kier molecular flexibility index (Phi) is 2.93. The van der Waals surface area contributed by atoms with E-state index < -0.39 is 0 Å². The minimum Gasteiger partial charge on any atom is -0.226 e. The number of benzene rings is 1. The van der Waals surface area contributed by atoms with E-state index in [0.717, 1.165) is 11.1 Å². The molecular weight excluding hydrogens is 330 g/mol. The summed E-state index contributed by atoms with van der Waals surface area (Å²) in [4.78, 5) is 8.07. The van der Waals surface area contributed by atoms with Gasteiger partial charge in [-0.25, -0.2) is 9.67 Å². The Balaban J connectivity index is 2.22. The average Bonchev–Trinajstić information content (AvgIpc) is 2.81. The SMILES string of the molecule is N#Cc1ccc(-n2ncc3cnc(Cl)nc32)cc1Br. The van der Waals surface area contributed by atoms with Crippen molar-refractivity contribution >= 4 is 38.6 Å². The predicted molar refractivity (Wildman–Crippen MR) is 74.1 cm³/mol. The highest BCUT2D eigenvalue weighted by molar-refractivity contribution is 9.10. The lowest BCUT2D eigenvalue weighted by atomic mass is 10.2. The highest BCUT2D eigenvalue weighted by Crippen LogP contribution is 2.22. The van der Waals surface area contributed by atoms with Crippen molar-refractivity contribution in [2.24, 2.45) is 0 Å². The monoisotopic (exact) mass is 333 g/mol. The van der Waals surface area contributed by atoms with Crippen molar-refractivity contribution in [1.82, 2.24) is 19.7 Å². The molecule has 1 aromatic carbocycles. The molecule has 2 aromatic heterocycles. The van der Waals surface area contributed by atoms with Gasteiger partial charge in [0.25, 0.3) is 0 Å². The lowest BCUT2D eigenvalue weighted by molar-refractivity contribution is 0.894. The Morgan fingerprint density at radius 2 is 2.16 bits per heavy atom. The van der Waals surface area contributed by atoms with Gasteiger partial charge in [0.15, 0.2) is 5.65 Å². The fourth-order valence-corrected chi connectivity index (χ4v) is 2.30. The van der Waals surface area contributed by atoms with Gasteiger partial charge in [0.2, 0.25) is 5.28 Å². The van der Waals surface area contributed by atoms with Crippen molar-refractivity contribution in [1.29, 1.82) is 5.26 Å². The van der Waals surface area contributed by atoms with Crippen LogP contribution >= 0.6 is 27.5 Å². The second-order valence-electron chi connectivity index (χ2n) is 3.75. The Morgan fingerprint density at radius 3 is 2.89 bits per heavy atom. The molecule has 19 heavy (non-hydrogen) atoms. The molecule has 0 spiro atoms. The highest BCUT2D eigenvalue weighted by Gasteiger charge is 2.09. The van der Waals surface area contributed by atoms with Crippen LogP contribution in [0.1, 0.15) is 5.56 Å². The molecule has 0 N–H and O–H groups in total. The zero-order valence-corrected chi connectivity index (χ0v) is 11.7. The minimum absolute atomic E-state index is 0.168. The summed E-state index contributed by atoms with van der Waals surface area (Å²) in [7, 11) is 0. The summed E-state index contributed by atoms with van der Waals surface area (Å²) in [6.45, 7) is 0. The lowest BCUT2D eigenvalue weighted by Crippen LogP contribution is -1.98. The van der Waals surface area contributed by atoms with Crippen LogP contribution in [0.2, 0.25) is 5.28 Å². The van der Waals surface area contributed by atoms with E-state index in [0.29, 0.717) is 15.7 Å². The molecule has 0 aliphatic carbocycles. The first kappa shape index (κ1) is 12.1. The number of hydrogen-bond donors (Lipinski definition) is 0. The van der Waals surface area contributed by atoms with Crippen molar-refractivity contribution in [2.45, 2.75) is 0 Å². The normalized spacial score (nSPS) is 10.6. The third-order valence-corrected chi connectivity index (χ3v) is 3.44. The second-order valence-corrected chi connectivity index (χ2v) is 4.94. The van der Waals surface area contributed by atoms with Crippen LogP contribution in [0.4, 0.5) is 0 Å². The molecule has 0 saturated heterocycles. The maximum absolute atomic E-state index is 8.91. The van der Waals surface area contributed by atoms with Gasteiger partial charge in [0, 0.05) is 10.7 Å². The Morgan fingerprint density at radius 1 is 1.32 bits per heavy atom. The molecular formula is C12H5BrClN5. The van der Waals surface area contributed by atoms with E-state index in [1.54, 1.807) is 35.3 Å². The van der Waals surface area contributed by atoms with Crippen molar-refractivity contribution in [2.75, 3.05) is 0 Å². The molecule has 92 valence electrons. The number of rotatable bonds is 1. The van der Waals surface area contributed by atoms with Crippen LogP contribution in [-0.2, 0) is 0 Å². The van der Waals surface area contributed by atoms with E-state index in [1.807, 2.05) is 0 Å². The molecule has 0 fully saturated rings. The summed E-state index contributed by atoms with van der Waals surface area (Å²) < 4.78 is 2.35. The lowest BCUT2D eigenvalue weighted by Gasteiger charge is -2.04. The zero-order chi connectivity index (χ0) is 13.4. The van der Waals surface area contributed by atoms with E-state index in [-0.39, 0.29) is 5.28 Å². The van der Waals surface area contributed by atoms with Crippen LogP contribution < -0.4 is 0 Å². The molecule has 0 radical (unpaired) electrons. The third kappa shape index (κ3) is 2.07. The predicted octanol–water partition coefficient (Wildman–Crippen LogP) is 3.10. The van der Waals surface area contributed by atoms with Gasteiger partial charge in [0.1, 0.15) is 6.07 Å². The maximum Gasteiger partial charge on any atom is 0.224 e. The Labute approximate surface area is 121 Å². The van der Waals surface area contributed by atoms with Gasteiger partial charge in [-0.05, 0) is 45.7 Å². The molecule has 7 heteroatoms. The summed E-state index contributed by atoms with van der Waals surface area (Å²) >= 11 is 9.15. The van der Waals surface area contributed by atoms with Crippen molar-refractivity contribution in [3.05, 3.63) is 45.9 Å². The van der Waals surface area contributed by atoms with Crippen molar-refractivity contribution in [3.63, 3.8) is 0 Å². The Hall–Kier alpha value is -1.97. The third-order valence-electron chi connectivity index (χ3n) is 2.60. The number of fused-ring (bicyclic) bond motifs is 1. The van der Waals surface area contributed by atoms with Crippen molar-refractivity contribution < 1.29 is 0 Å². The van der Waals surface area contributed by atoms with Gasteiger partial charge < -0.3 is 0 Å². The zero-order valence-electron chi connectivity index (χ0n) is 9.38. The molecule has 0 bridgehead atoms. The first-order valence-electron chi connectivity index (χ1n) is 5.25. The quantitative estimate of drug-likeness (QED) is 0.641. The number of nitrogens with zero attached hydrogens (tertiary/aromatic N) is 5. The van der Waals surface area contributed by atoms with Crippen LogP contribution in [0, 0.1) is 11.3 Å². The number of hydrogen-bond acceptors (Lipinski definition) is 4. The highest BCUT2D eigenvalue weighted by atomic mass is 79.9. The molecule has 3 aromatic rings. The molecule has 0 aliphatic heterocycles. The molecule has 5 nitrogen and oxygen atoms in total. The van der Waals surface area contributed by atoms with E-state index in [1.165, 1.54) is 0 Å². The summed E-state index contributed by atoms with van der Waals surface area (Å²) in [6.07, 6.45) is 3.28. The summed E-state index contributed by atoms with van der Waals surface area (Å²) in [5.74, 6) is 0. The average molecular weight is 335 g/mol. The summed E-state index contributed by atoms with van der Waals surface area (Å²) in [6, 6.07) is 7.41. The number of aromatic nitrogens is 4. The van der Waals surface area contributed by atoms with Gasteiger partial charge in [0.05, 0.1) is 22.8 Å². The van der Waals surface area contributed by atoms with E-state index in [4.69, 9.17) is 16.9 Å². The van der Waals surface area contributed by atoms with Gasteiger partial charge in [-0.3, -0.25) is 0 Å². The van der Waals surface area contributed by atoms with E-state index in [9.17, 15) is 0 Å². The van der Waals surface area contributed by atoms with Gasteiger partial charge in [-0.2, -0.15) is 15.3 Å². The minimum atomic E-state index is 0.168. The van der Waals surface area contributed by atoms with Crippen LogP contribution in [0.3, 0.4) is 0 Å². The fraction of sp³-hybridized carbons (Fsp3) is 0. The Bertz CT molecular complexity index is 821. The van der Waals surface area contributed by atoms with Gasteiger partial charge >= 0.3 is 0 Å². The van der Waals surface area contributed by atoms with Gasteiger partial charge in [-0.1, -0.05) is 0 Å². The topological polar surface area (TPSA) is 67.4 Å². The number of nitriles is 1. The van der Waals surface area contributed by atoms with E-state index >= 15 is 0 Å². The molecule has 0 unspecified atom stereocenters. The molecule has 0 aliphatic rings. The van der Waals surface area contributed by atoms with Crippen LogP contribution in [0.25, 0.3) is 16.7 Å². The summed E-state index contributed by atoms with van der Waals surface area (Å²) in [5.41, 5.74) is 1.97. The molecule has 0 amide bonds. The molecule has 0 saturated carbocycles. The molecule has 0 atom stereocenters. The van der Waals surface area contributed by atoms with Gasteiger partial charge in [-0.15, -0.1) is 0 Å². The standard InChI is InChI=1S/C12H5BrClN5/c13-10-3-9(2-1-7(10)4-15)19-11-8(6-17-19)5-16-12(14)18-11/h1-3,5-6H. The first-order valence-corrected chi connectivity index (χ1v) is 6.42. The largest absolute Gasteiger partial charge is 0.226 e. The second kappa shape index (κ2) is 4.61. The van der Waals surface area contributed by atoms with E-state index in [2.05, 4.69) is 37.1 Å². The van der Waals surface area contributed by atoms with Crippen LogP contribution in [0.5, 0.6) is 0 Å².